The van der Waals surface area contributed by atoms with E-state index in [1.165, 1.54) is 48.8 Å². The number of aliphatic hydroxyl groups excluding tert-OH is 2. The maximum Gasteiger partial charge on any atom is 0.338 e. The van der Waals surface area contributed by atoms with E-state index in [0.717, 1.165) is 12.5 Å². The number of hydrogen-bond acceptors (Lipinski definition) is 14. The summed E-state index contributed by atoms with van der Waals surface area (Å²) in [5.41, 5.74) is 5.89. The van der Waals surface area contributed by atoms with E-state index in [2.05, 4.69) is 20.9 Å². The smallest absolute Gasteiger partial charge is 0.338 e. The lowest BCUT2D eigenvalue weighted by Gasteiger charge is -2.35. The molecule has 4 aliphatic heterocycles. The number of ether oxygens (including phenoxy) is 5. The zero-order chi connectivity index (χ0) is 36.5. The SMILES string of the molecule is CC.CO[C@@H]1C([C@@H](O[C@H]2OC(C(=O)N[C@H]3CCC[C@@H](C)NC3=O)=C[C@H](O)[C@@H]2O)C(N)=O)O[C@@H](N2C=CC(=O)NC2)[C@@H]1OC(=O)c1ccncc1. The number of aliphatic hydroxyl groups is 2. The minimum atomic E-state index is -1.83. The molecular formula is C32H44N6O12. The lowest BCUT2D eigenvalue weighted by Crippen LogP contribution is -2.54. The molecule has 2 fully saturated rings. The fourth-order valence-corrected chi connectivity index (χ4v) is 5.75. The molecule has 4 aliphatic rings. The van der Waals surface area contributed by atoms with Crippen LogP contribution in [0.1, 0.15) is 50.4 Å². The van der Waals surface area contributed by atoms with Crippen LogP contribution in [-0.4, -0.2) is 125 Å². The normalized spacial score (nSPS) is 31.4. The Bertz CT molecular complexity index is 1440. The molecule has 50 heavy (non-hydrogen) atoms. The van der Waals surface area contributed by atoms with Gasteiger partial charge in [-0.05, 0) is 44.4 Å². The first-order chi connectivity index (χ1) is 24.0. The fourth-order valence-electron chi connectivity index (χ4n) is 5.75. The standard InChI is InChI=1S/C30H38N6O12.C2H6/c1-14-4-3-5-16(26(41)34-14)35-27(42)18-12-17(37)20(39)30(45-18)48-23(25(31)40)22-21(44-2)24(47-29(43)15-6-9-32-10-7-15)28(46-22)36-11-8-19(38)33-13-36;1-2/h6-12,14,16-17,20-24,28,30,37,39H,3-5,13H2,1-2H3,(H2,31,40)(H,33,38)(H,34,41)(H,35,42);1-2H3/t14-,16+,17+,20+,21-,22?,23-,24-,28-,30-;/m1./s1. The Balaban J connectivity index is 0.00000276. The van der Waals surface area contributed by atoms with E-state index in [0.29, 0.717) is 12.8 Å². The van der Waals surface area contributed by atoms with Crippen molar-refractivity contribution in [1.29, 1.82) is 0 Å². The number of rotatable bonds is 10. The third-order valence-corrected chi connectivity index (χ3v) is 8.25. The summed E-state index contributed by atoms with van der Waals surface area (Å²) < 4.78 is 29.0. The Hall–Kier alpha value is -4.62. The van der Waals surface area contributed by atoms with E-state index >= 15 is 0 Å². The number of primary amides is 1. The third kappa shape index (κ3) is 8.94. The maximum atomic E-state index is 13.1. The van der Waals surface area contributed by atoms with Gasteiger partial charge in [-0.25, -0.2) is 4.79 Å². The van der Waals surface area contributed by atoms with Crippen LogP contribution < -0.4 is 21.7 Å². The van der Waals surface area contributed by atoms with Crippen molar-refractivity contribution in [1.82, 2.24) is 25.8 Å². The number of aromatic nitrogens is 1. The van der Waals surface area contributed by atoms with Gasteiger partial charge in [0.15, 0.2) is 24.2 Å². The quantitative estimate of drug-likeness (QED) is 0.148. The predicted octanol–water partition coefficient (Wildman–Crippen LogP) is -1.72. The zero-order valence-electron chi connectivity index (χ0n) is 28.1. The summed E-state index contributed by atoms with van der Waals surface area (Å²) in [6.07, 6.45) is -3.98. The number of pyridine rings is 1. The van der Waals surface area contributed by atoms with Gasteiger partial charge in [-0.1, -0.05) is 13.8 Å². The van der Waals surface area contributed by atoms with Crippen molar-refractivity contribution in [3.05, 3.63) is 54.2 Å². The second kappa shape index (κ2) is 17.3. The number of hydrogen-bond donors (Lipinski definition) is 6. The molecule has 1 aromatic rings. The van der Waals surface area contributed by atoms with Gasteiger partial charge in [0, 0.05) is 37.8 Å². The average molecular weight is 705 g/mol. The Morgan fingerprint density at radius 2 is 1.86 bits per heavy atom. The third-order valence-electron chi connectivity index (χ3n) is 8.25. The monoisotopic (exact) mass is 704 g/mol. The molecule has 0 saturated carbocycles. The predicted molar refractivity (Wildman–Crippen MR) is 171 cm³/mol. The lowest BCUT2D eigenvalue weighted by atomic mass is 10.0. The number of nitrogens with zero attached hydrogens (tertiary/aromatic N) is 2. The van der Waals surface area contributed by atoms with Gasteiger partial charge in [-0.15, -0.1) is 0 Å². The van der Waals surface area contributed by atoms with Crippen molar-refractivity contribution in [2.24, 2.45) is 5.73 Å². The zero-order valence-corrected chi connectivity index (χ0v) is 28.1. The molecule has 0 bridgehead atoms. The minimum absolute atomic E-state index is 0.0631. The highest BCUT2D eigenvalue weighted by molar-refractivity contribution is 5.96. The number of carbonyl (C=O) groups excluding carboxylic acids is 5. The lowest BCUT2D eigenvalue weighted by molar-refractivity contribution is -0.241. The molecule has 0 aromatic carbocycles. The second-order valence-electron chi connectivity index (χ2n) is 11.7. The van der Waals surface area contributed by atoms with Crippen LogP contribution in [0.15, 0.2) is 48.6 Å². The van der Waals surface area contributed by atoms with Gasteiger partial charge >= 0.3 is 5.97 Å². The van der Waals surface area contributed by atoms with E-state index < -0.39 is 78.7 Å². The van der Waals surface area contributed by atoms with Crippen LogP contribution in [0.5, 0.6) is 0 Å². The number of carbonyl (C=O) groups is 5. The highest BCUT2D eigenvalue weighted by atomic mass is 16.7. The van der Waals surface area contributed by atoms with Crippen molar-refractivity contribution in [2.75, 3.05) is 13.8 Å². The molecule has 5 heterocycles. The van der Waals surface area contributed by atoms with Crippen molar-refractivity contribution >= 4 is 29.6 Å². The van der Waals surface area contributed by atoms with Gasteiger partial charge < -0.3 is 60.5 Å². The van der Waals surface area contributed by atoms with Gasteiger partial charge in [0.2, 0.25) is 24.0 Å². The van der Waals surface area contributed by atoms with Crippen molar-refractivity contribution in [3.8, 4) is 0 Å². The van der Waals surface area contributed by atoms with E-state index in [4.69, 9.17) is 29.4 Å². The first kappa shape index (κ1) is 38.2. The van der Waals surface area contributed by atoms with Crippen LogP contribution >= 0.6 is 0 Å². The molecule has 7 N–H and O–H groups in total. The van der Waals surface area contributed by atoms with Crippen LogP contribution in [-0.2, 0) is 42.9 Å². The fraction of sp³-hybridized carbons (Fsp3) is 0.562. The average Bonchev–Trinajstić information content (AvgIpc) is 3.37. The highest BCUT2D eigenvalue weighted by Gasteiger charge is 2.55. The highest BCUT2D eigenvalue weighted by Crippen LogP contribution is 2.34. The van der Waals surface area contributed by atoms with Crippen LogP contribution in [0.3, 0.4) is 0 Å². The minimum Gasteiger partial charge on any atom is -0.456 e. The Morgan fingerprint density at radius 3 is 2.50 bits per heavy atom. The van der Waals surface area contributed by atoms with Crippen LogP contribution in [0, 0.1) is 0 Å². The molecule has 0 aliphatic carbocycles. The Morgan fingerprint density at radius 1 is 1.14 bits per heavy atom. The number of methoxy groups -OCH3 is 1. The number of esters is 1. The first-order valence-corrected chi connectivity index (χ1v) is 16.3. The summed E-state index contributed by atoms with van der Waals surface area (Å²) in [5.74, 6) is -3.98. The number of amides is 4. The van der Waals surface area contributed by atoms with Gasteiger partial charge in [-0.3, -0.25) is 24.2 Å². The molecule has 5 rings (SSSR count). The number of nitrogens with two attached hydrogens (primary N) is 1. The Kier molecular flexibility index (Phi) is 13.3. The number of nitrogens with one attached hydrogen (secondary N) is 3. The molecular weight excluding hydrogens is 660 g/mol. The summed E-state index contributed by atoms with van der Waals surface area (Å²) in [6.45, 7) is 5.79. The van der Waals surface area contributed by atoms with Crippen LogP contribution in [0.4, 0.5) is 0 Å². The van der Waals surface area contributed by atoms with Gasteiger partial charge in [-0.2, -0.15) is 0 Å². The van der Waals surface area contributed by atoms with E-state index in [9.17, 15) is 34.2 Å². The van der Waals surface area contributed by atoms with Gasteiger partial charge in [0.1, 0.15) is 30.5 Å². The summed E-state index contributed by atoms with van der Waals surface area (Å²) in [5, 5.41) is 29.3. The largest absolute Gasteiger partial charge is 0.456 e. The summed E-state index contributed by atoms with van der Waals surface area (Å²) in [6, 6.07) is 1.92. The maximum absolute atomic E-state index is 13.1. The Labute approximate surface area is 288 Å². The molecule has 10 atom stereocenters. The summed E-state index contributed by atoms with van der Waals surface area (Å²) in [4.78, 5) is 68.8. The molecule has 0 spiro atoms. The van der Waals surface area contributed by atoms with E-state index in [1.807, 2.05) is 20.8 Å². The molecule has 274 valence electrons. The summed E-state index contributed by atoms with van der Waals surface area (Å²) >= 11 is 0. The molecule has 0 radical (unpaired) electrons. The summed E-state index contributed by atoms with van der Waals surface area (Å²) in [7, 11) is 1.27. The molecule has 18 nitrogen and oxygen atoms in total. The van der Waals surface area contributed by atoms with Gasteiger partial charge in [0.25, 0.3) is 5.91 Å². The first-order valence-electron chi connectivity index (χ1n) is 16.3. The topological polar surface area (TPSA) is 250 Å². The van der Waals surface area contributed by atoms with Crippen molar-refractivity contribution in [3.63, 3.8) is 0 Å². The molecule has 2 saturated heterocycles. The van der Waals surface area contributed by atoms with Crippen LogP contribution in [0.25, 0.3) is 0 Å². The molecule has 1 aromatic heterocycles. The van der Waals surface area contributed by atoms with Gasteiger partial charge in [0.05, 0.1) is 12.2 Å². The molecule has 4 amide bonds. The van der Waals surface area contributed by atoms with E-state index in [-0.39, 0.29) is 30.1 Å². The van der Waals surface area contributed by atoms with Crippen LogP contribution in [0.2, 0.25) is 0 Å². The van der Waals surface area contributed by atoms with E-state index in [1.54, 1.807) is 0 Å². The molecule has 18 heteroatoms. The second-order valence-corrected chi connectivity index (χ2v) is 11.7. The molecule has 1 unspecified atom stereocenters. The van der Waals surface area contributed by atoms with Crippen molar-refractivity contribution < 1.29 is 57.9 Å². The van der Waals surface area contributed by atoms with Crippen molar-refractivity contribution in [2.45, 2.75) is 101 Å².